The Morgan fingerprint density at radius 1 is 1.14 bits per heavy atom. The van der Waals surface area contributed by atoms with Gasteiger partial charge in [-0.3, -0.25) is 4.79 Å². The molecule has 0 aliphatic carbocycles. The lowest BCUT2D eigenvalue weighted by molar-refractivity contribution is -0.687. The predicted octanol–water partition coefficient (Wildman–Crippen LogP) is 3.34. The van der Waals surface area contributed by atoms with E-state index in [2.05, 4.69) is 26.6 Å². The number of hydrogen-bond acceptors (Lipinski definition) is 3. The van der Waals surface area contributed by atoms with Crippen molar-refractivity contribution in [1.29, 1.82) is 0 Å². The van der Waals surface area contributed by atoms with Crippen LogP contribution in [0.5, 0.6) is 11.5 Å². The van der Waals surface area contributed by atoms with Crippen molar-refractivity contribution in [2.24, 2.45) is 0 Å². The number of Topliss-reactive ketones (excluding diaryl/α,β-unsaturated/α-hetero) is 1. The second-order valence-corrected chi connectivity index (χ2v) is 8.12. The van der Waals surface area contributed by atoms with Gasteiger partial charge in [-0.1, -0.05) is 28.1 Å². The fourth-order valence-corrected chi connectivity index (χ4v) is 4.22. The van der Waals surface area contributed by atoms with E-state index in [1.165, 1.54) is 16.7 Å². The number of nitrogens with zero attached hydrogens (tertiary/aromatic N) is 2. The van der Waals surface area contributed by atoms with Crippen molar-refractivity contribution in [3.8, 4) is 11.5 Å². The number of halogens is 1. The standard InChI is InChI=1S/C22H20BrN2O3/c23-17-3-1-15(2-4-17)20(26)13-25-8-7-24(14-25)12-19-18-6-10-27-21(18)11-16-5-9-28-22(16)19/h1-4,7-8,11,14H,5-6,9-10,12-13H2/q+1. The Bertz CT molecular complexity index is 1020. The summed E-state index contributed by atoms with van der Waals surface area (Å²) in [6, 6.07) is 9.61. The van der Waals surface area contributed by atoms with E-state index in [0.717, 1.165) is 42.0 Å². The first-order valence-electron chi connectivity index (χ1n) is 9.44. The van der Waals surface area contributed by atoms with Crippen LogP contribution < -0.4 is 14.0 Å². The fraction of sp³-hybridized carbons (Fsp3) is 0.273. The van der Waals surface area contributed by atoms with Gasteiger partial charge in [0.2, 0.25) is 12.1 Å². The van der Waals surface area contributed by atoms with Gasteiger partial charge in [-0.05, 0) is 18.2 Å². The highest BCUT2D eigenvalue weighted by Crippen LogP contribution is 2.40. The van der Waals surface area contributed by atoms with Gasteiger partial charge in [0.05, 0.1) is 13.2 Å². The lowest BCUT2D eigenvalue weighted by Crippen LogP contribution is -2.32. The van der Waals surface area contributed by atoms with Crippen molar-refractivity contribution in [1.82, 2.24) is 4.57 Å². The summed E-state index contributed by atoms with van der Waals surface area (Å²) in [7, 11) is 0. The molecule has 0 saturated carbocycles. The lowest BCUT2D eigenvalue weighted by atomic mass is 9.99. The molecule has 0 amide bonds. The second kappa shape index (κ2) is 7.09. The van der Waals surface area contributed by atoms with Gasteiger partial charge >= 0.3 is 0 Å². The predicted molar refractivity (Wildman–Crippen MR) is 107 cm³/mol. The number of aromatic nitrogens is 2. The van der Waals surface area contributed by atoms with Gasteiger partial charge in [0.1, 0.15) is 30.4 Å². The third-order valence-corrected chi connectivity index (χ3v) is 5.87. The van der Waals surface area contributed by atoms with Crippen LogP contribution in [0, 0.1) is 0 Å². The molecule has 0 unspecified atom stereocenters. The van der Waals surface area contributed by atoms with Crippen LogP contribution >= 0.6 is 15.9 Å². The van der Waals surface area contributed by atoms with E-state index < -0.39 is 0 Å². The molecule has 0 fully saturated rings. The van der Waals surface area contributed by atoms with Crippen LogP contribution in [-0.4, -0.2) is 23.6 Å². The number of benzene rings is 2. The topological polar surface area (TPSA) is 44.3 Å². The molecule has 2 aromatic carbocycles. The number of ketones is 1. The highest BCUT2D eigenvalue weighted by Gasteiger charge is 2.27. The number of carbonyl (C=O) groups excluding carboxylic acids is 1. The van der Waals surface area contributed by atoms with Gasteiger partial charge in [0, 0.05) is 39.6 Å². The molecule has 3 aromatic rings. The second-order valence-electron chi connectivity index (χ2n) is 7.21. The average Bonchev–Trinajstić information content (AvgIpc) is 3.42. The van der Waals surface area contributed by atoms with E-state index in [1.54, 1.807) is 0 Å². The monoisotopic (exact) mass is 439 g/mol. The first-order chi connectivity index (χ1) is 13.7. The third kappa shape index (κ3) is 3.22. The first kappa shape index (κ1) is 17.5. The van der Waals surface area contributed by atoms with E-state index >= 15 is 0 Å². The van der Waals surface area contributed by atoms with Crippen LogP contribution in [0.2, 0.25) is 0 Å². The van der Waals surface area contributed by atoms with Crippen molar-refractivity contribution in [2.75, 3.05) is 13.2 Å². The highest BCUT2D eigenvalue weighted by atomic mass is 79.9. The highest BCUT2D eigenvalue weighted by molar-refractivity contribution is 9.10. The van der Waals surface area contributed by atoms with E-state index in [9.17, 15) is 4.79 Å². The van der Waals surface area contributed by atoms with E-state index in [-0.39, 0.29) is 5.78 Å². The smallest absolute Gasteiger partial charge is 0.244 e. The van der Waals surface area contributed by atoms with Gasteiger partial charge in [-0.2, -0.15) is 0 Å². The molecule has 6 heteroatoms. The van der Waals surface area contributed by atoms with Gasteiger partial charge in [0.15, 0.2) is 6.54 Å². The zero-order chi connectivity index (χ0) is 19.1. The number of ether oxygens (including phenoxy) is 2. The quantitative estimate of drug-likeness (QED) is 0.452. The fourth-order valence-electron chi connectivity index (χ4n) is 3.95. The SMILES string of the molecule is O=C(Cn1cc[n+](Cc2c3c(cc4c2OCC4)OCC3)c1)c1ccc(Br)cc1. The van der Waals surface area contributed by atoms with Gasteiger partial charge in [-0.15, -0.1) is 0 Å². The van der Waals surface area contributed by atoms with Crippen LogP contribution in [0.25, 0.3) is 0 Å². The minimum absolute atomic E-state index is 0.0912. The van der Waals surface area contributed by atoms with Crippen LogP contribution in [0.4, 0.5) is 0 Å². The maximum atomic E-state index is 12.5. The summed E-state index contributed by atoms with van der Waals surface area (Å²) in [5, 5.41) is 0. The molecule has 5 rings (SSSR count). The Labute approximate surface area is 171 Å². The van der Waals surface area contributed by atoms with Crippen molar-refractivity contribution in [2.45, 2.75) is 25.9 Å². The van der Waals surface area contributed by atoms with Crippen LogP contribution in [0.1, 0.15) is 27.0 Å². The number of fused-ring (bicyclic) bond motifs is 2. The molecule has 0 saturated heterocycles. The molecule has 2 aliphatic rings. The summed E-state index contributed by atoms with van der Waals surface area (Å²) in [6.45, 7) is 2.50. The Balaban J connectivity index is 1.37. The maximum absolute atomic E-state index is 12.5. The van der Waals surface area contributed by atoms with Crippen molar-refractivity contribution < 1.29 is 18.8 Å². The zero-order valence-corrected chi connectivity index (χ0v) is 16.9. The van der Waals surface area contributed by atoms with Gasteiger partial charge in [-0.25, -0.2) is 9.13 Å². The Kier molecular flexibility index (Phi) is 4.43. The Morgan fingerprint density at radius 2 is 1.96 bits per heavy atom. The van der Waals surface area contributed by atoms with E-state index in [0.29, 0.717) is 18.7 Å². The first-order valence-corrected chi connectivity index (χ1v) is 10.2. The molecule has 1 aromatic heterocycles. The summed E-state index contributed by atoms with van der Waals surface area (Å²) in [6.07, 6.45) is 7.78. The van der Waals surface area contributed by atoms with Crippen molar-refractivity contribution in [3.63, 3.8) is 0 Å². The average molecular weight is 440 g/mol. The third-order valence-electron chi connectivity index (χ3n) is 5.34. The largest absolute Gasteiger partial charge is 0.493 e. The normalized spacial score (nSPS) is 14.3. The van der Waals surface area contributed by atoms with E-state index in [1.807, 2.05) is 47.6 Å². The lowest BCUT2D eigenvalue weighted by Gasteiger charge is -2.11. The Morgan fingerprint density at radius 3 is 2.82 bits per heavy atom. The van der Waals surface area contributed by atoms with Gasteiger partial charge in [0.25, 0.3) is 0 Å². The molecule has 0 atom stereocenters. The molecule has 3 heterocycles. The molecule has 2 aliphatic heterocycles. The number of rotatable bonds is 5. The minimum atomic E-state index is 0.0912. The van der Waals surface area contributed by atoms with Crippen molar-refractivity contribution >= 4 is 21.7 Å². The molecule has 0 N–H and O–H groups in total. The summed E-state index contributed by atoms with van der Waals surface area (Å²) < 4.78 is 16.7. The molecule has 0 bridgehead atoms. The van der Waals surface area contributed by atoms with Crippen LogP contribution in [-0.2, 0) is 25.9 Å². The molecular weight excluding hydrogens is 420 g/mol. The molecular formula is C22H20BrN2O3+. The molecule has 5 nitrogen and oxygen atoms in total. The van der Waals surface area contributed by atoms with Gasteiger partial charge < -0.3 is 9.47 Å². The van der Waals surface area contributed by atoms with Crippen LogP contribution in [0.15, 0.2) is 53.5 Å². The summed E-state index contributed by atoms with van der Waals surface area (Å²) in [5.41, 5.74) is 4.42. The molecule has 142 valence electrons. The molecule has 28 heavy (non-hydrogen) atoms. The van der Waals surface area contributed by atoms with Crippen LogP contribution in [0.3, 0.4) is 0 Å². The Hall–Kier alpha value is -2.60. The number of hydrogen-bond donors (Lipinski definition) is 0. The van der Waals surface area contributed by atoms with Crippen molar-refractivity contribution in [3.05, 3.63) is 75.8 Å². The maximum Gasteiger partial charge on any atom is 0.244 e. The number of carbonyl (C=O) groups is 1. The zero-order valence-electron chi connectivity index (χ0n) is 15.4. The minimum Gasteiger partial charge on any atom is -0.493 e. The molecule has 0 spiro atoms. The molecule has 0 radical (unpaired) electrons. The number of imidazole rings is 1. The summed E-state index contributed by atoms with van der Waals surface area (Å²) in [5.74, 6) is 2.12. The summed E-state index contributed by atoms with van der Waals surface area (Å²) >= 11 is 3.40. The summed E-state index contributed by atoms with van der Waals surface area (Å²) in [4.78, 5) is 12.5. The van der Waals surface area contributed by atoms with E-state index in [4.69, 9.17) is 9.47 Å².